The van der Waals surface area contributed by atoms with Gasteiger partial charge in [0, 0.05) is 46.7 Å². The maximum Gasteiger partial charge on any atom is 0.248 e. The van der Waals surface area contributed by atoms with Crippen molar-refractivity contribution in [2.24, 2.45) is 0 Å². The van der Waals surface area contributed by atoms with E-state index in [1.165, 1.54) is 7.11 Å². The number of unbranched alkanes of at least 4 members (excludes halogenated alkanes) is 4. The number of rotatable bonds is 22. The highest BCUT2D eigenvalue weighted by Gasteiger charge is 2.34. The molecule has 2 N–H and O–H groups in total. The van der Waals surface area contributed by atoms with Crippen molar-refractivity contribution >= 4 is 33.5 Å². The van der Waals surface area contributed by atoms with Crippen molar-refractivity contribution in [3.63, 3.8) is 0 Å². The van der Waals surface area contributed by atoms with Gasteiger partial charge in [0.2, 0.25) is 15.1 Å². The van der Waals surface area contributed by atoms with Crippen molar-refractivity contribution in [1.82, 2.24) is 0 Å². The van der Waals surface area contributed by atoms with Gasteiger partial charge in [0.25, 0.3) is 0 Å². The van der Waals surface area contributed by atoms with Crippen molar-refractivity contribution in [1.29, 1.82) is 0 Å². The topological polar surface area (TPSA) is 122 Å². The third kappa shape index (κ3) is 15.8. The Hall–Kier alpha value is -0.0900. The Morgan fingerprint density at radius 2 is 1.62 bits per heavy atom. The smallest absolute Gasteiger partial charge is 0.248 e. The highest BCUT2D eigenvalue weighted by Crippen LogP contribution is 2.47. The molecule has 1 fully saturated rings. The molecule has 0 aliphatic carbocycles. The molecule has 34 heavy (non-hydrogen) atoms. The second kappa shape index (κ2) is 18.2. The van der Waals surface area contributed by atoms with Crippen LogP contribution >= 0.6 is 15.1 Å². The molecule has 1 rings (SSSR count). The number of hydrogen-bond acceptors (Lipinski definition) is 10. The summed E-state index contributed by atoms with van der Waals surface area (Å²) in [5, 5.41) is 0. The van der Waals surface area contributed by atoms with E-state index in [2.05, 4.69) is 12.6 Å². The molecule has 0 spiro atoms. The van der Waals surface area contributed by atoms with Crippen LogP contribution in [-0.4, -0.2) is 94.2 Å². The van der Waals surface area contributed by atoms with Crippen LogP contribution in [0.25, 0.3) is 0 Å². The van der Waals surface area contributed by atoms with Gasteiger partial charge in [-0.3, -0.25) is 4.79 Å². The van der Waals surface area contributed by atoms with Gasteiger partial charge in [0.05, 0.1) is 32.5 Å². The molecule has 0 bridgehead atoms. The van der Waals surface area contributed by atoms with Gasteiger partial charge in [0.1, 0.15) is 11.9 Å². The van der Waals surface area contributed by atoms with Gasteiger partial charge in [-0.25, -0.2) is 0 Å². The molecule has 4 atom stereocenters. The number of ketones is 1. The van der Waals surface area contributed by atoms with Crippen molar-refractivity contribution in [3.05, 3.63) is 0 Å². The Kier molecular flexibility index (Phi) is 17.1. The van der Waals surface area contributed by atoms with Crippen LogP contribution in [-0.2, 0) is 37.1 Å². The molecule has 0 aromatic heterocycles. The van der Waals surface area contributed by atoms with Gasteiger partial charge in [-0.05, 0) is 31.9 Å². The van der Waals surface area contributed by atoms with Crippen LogP contribution in [0.4, 0.5) is 0 Å². The van der Waals surface area contributed by atoms with E-state index in [9.17, 15) is 14.6 Å². The average molecular weight is 531 g/mol. The first-order valence-electron chi connectivity index (χ1n) is 11.8. The fourth-order valence-corrected chi connectivity index (χ4v) is 4.92. The normalized spacial score (nSPS) is 21.9. The first-order valence-corrected chi connectivity index (χ1v) is 15.4. The van der Waals surface area contributed by atoms with Crippen LogP contribution < -0.4 is 0 Å². The summed E-state index contributed by atoms with van der Waals surface area (Å²) >= 11 is 0. The van der Waals surface area contributed by atoms with E-state index in [0.717, 1.165) is 38.5 Å². The molecule has 0 aromatic carbocycles. The zero-order chi connectivity index (χ0) is 25.3. The highest BCUT2D eigenvalue weighted by molar-refractivity contribution is 7.58. The van der Waals surface area contributed by atoms with Crippen molar-refractivity contribution in [2.45, 2.75) is 70.0 Å². The van der Waals surface area contributed by atoms with Crippen LogP contribution in [0.5, 0.6) is 0 Å². The Morgan fingerprint density at radius 1 is 0.912 bits per heavy atom. The molecule has 1 aliphatic rings. The fraction of sp³-hybridized carbons (Fsp3) is 0.864. The average Bonchev–Trinajstić information content (AvgIpc) is 3.22. The quantitative estimate of drug-likeness (QED) is 0.159. The van der Waals surface area contributed by atoms with E-state index in [-0.39, 0.29) is 12.4 Å². The molecular weight excluding hydrogens is 486 g/mol. The minimum atomic E-state index is -3.24. The van der Waals surface area contributed by atoms with Crippen molar-refractivity contribution in [2.75, 3.05) is 53.9 Å². The molecule has 0 amide bonds. The van der Waals surface area contributed by atoms with Gasteiger partial charge in [-0.15, -0.1) is 0 Å². The van der Waals surface area contributed by atoms with E-state index in [1.54, 1.807) is 7.11 Å². The monoisotopic (exact) mass is 530 g/mol. The molecule has 202 valence electrons. The molecule has 1 heterocycles. The number of Topliss-reactive ketones (excluding diaryl/α,β-unsaturated/α-hetero) is 1. The van der Waals surface area contributed by atoms with E-state index in [0.29, 0.717) is 52.3 Å². The summed E-state index contributed by atoms with van der Waals surface area (Å²) in [6.07, 6.45) is 13.3. The molecule has 10 nitrogen and oxygen atoms in total. The largest absolute Gasteiger partial charge is 0.382 e. The summed E-state index contributed by atoms with van der Waals surface area (Å²) in [7, 11) is -3.41. The minimum absolute atomic E-state index is 0.0386. The Bertz CT molecular complexity index is 645. The molecule has 1 aliphatic heterocycles. The summed E-state index contributed by atoms with van der Waals surface area (Å²) in [6, 6.07) is 0. The van der Waals surface area contributed by atoms with Crippen LogP contribution in [0.2, 0.25) is 0 Å². The Balaban J connectivity index is 2.06. The van der Waals surface area contributed by atoms with E-state index in [4.69, 9.17) is 32.3 Å². The number of methoxy groups -OCH3 is 1. The van der Waals surface area contributed by atoms with Gasteiger partial charge in [-0.2, -0.15) is 0 Å². The van der Waals surface area contributed by atoms with Gasteiger partial charge >= 0.3 is 0 Å². The zero-order valence-corrected chi connectivity index (χ0v) is 22.5. The number of carbonyl (C=O) groups is 1. The van der Waals surface area contributed by atoms with Gasteiger partial charge < -0.3 is 42.1 Å². The summed E-state index contributed by atoms with van der Waals surface area (Å²) in [5.74, 6) is 0.284. The van der Waals surface area contributed by atoms with Gasteiger partial charge in [-0.1, -0.05) is 19.3 Å². The second-order valence-corrected chi connectivity index (χ2v) is 11.8. The lowest BCUT2D eigenvalue weighted by Gasteiger charge is -2.26. The third-order valence-electron chi connectivity index (χ3n) is 5.24. The predicted molar refractivity (Wildman–Crippen MR) is 135 cm³/mol. The van der Waals surface area contributed by atoms with Crippen molar-refractivity contribution in [3.8, 4) is 0 Å². The van der Waals surface area contributed by atoms with Crippen LogP contribution in [0, 0.1) is 0 Å². The zero-order valence-electron chi connectivity index (χ0n) is 20.7. The summed E-state index contributed by atoms with van der Waals surface area (Å²) in [5.41, 5.74) is 0. The lowest BCUT2D eigenvalue weighted by Crippen LogP contribution is -2.28. The van der Waals surface area contributed by atoms with Crippen molar-refractivity contribution < 1.29 is 46.9 Å². The number of ether oxygens (including phenoxy) is 3. The molecule has 0 saturated carbocycles. The highest BCUT2D eigenvalue weighted by atomic mass is 31.2. The molecule has 1 saturated heterocycles. The predicted octanol–water partition coefficient (Wildman–Crippen LogP) is 3.57. The lowest BCUT2D eigenvalue weighted by molar-refractivity contribution is -0.119. The standard InChI is InChI=1S/C22H44O10P2/c1-26-17-18-28-14-10-12-20(23)11-8-6-5-7-9-15-30-34(4,25)32-21-13-16-29-22(21)19-31-33(3,24)27-2/h21-22,24-25H,3-19H2,1-2H3. The first kappa shape index (κ1) is 31.9. The van der Waals surface area contributed by atoms with Crippen LogP contribution in [0.1, 0.15) is 57.8 Å². The Morgan fingerprint density at radius 3 is 2.35 bits per heavy atom. The minimum Gasteiger partial charge on any atom is -0.382 e. The summed E-state index contributed by atoms with van der Waals surface area (Å²) in [4.78, 5) is 32.1. The second-order valence-electron chi connectivity index (χ2n) is 8.19. The number of carbonyl (C=O) groups excluding carboxylic acids is 1. The molecule has 0 aromatic rings. The van der Waals surface area contributed by atoms with Crippen LogP contribution in [0.15, 0.2) is 0 Å². The molecule has 12 heteroatoms. The SMILES string of the molecule is C=P(O)(OC)OCC1OCCC1OP(=C)(O)OCCCCCCCC(=O)CCCOCCOC. The van der Waals surface area contributed by atoms with E-state index < -0.39 is 27.3 Å². The van der Waals surface area contributed by atoms with E-state index >= 15 is 0 Å². The maximum absolute atomic E-state index is 11.9. The number of hydrogen-bond donors (Lipinski definition) is 2. The van der Waals surface area contributed by atoms with E-state index in [1.807, 2.05) is 0 Å². The molecule has 4 unspecified atom stereocenters. The molecule has 0 radical (unpaired) electrons. The van der Waals surface area contributed by atoms with Crippen LogP contribution in [0.3, 0.4) is 0 Å². The molecular formula is C22H44O10P2. The lowest BCUT2D eigenvalue weighted by atomic mass is 10.1. The maximum atomic E-state index is 11.9. The first-order chi connectivity index (χ1) is 16.2. The summed E-state index contributed by atoms with van der Waals surface area (Å²) < 4.78 is 37.1. The third-order valence-corrected chi connectivity index (χ3v) is 7.55. The Labute approximate surface area is 204 Å². The van der Waals surface area contributed by atoms with Gasteiger partial charge in [0.15, 0.2) is 0 Å². The summed E-state index contributed by atoms with van der Waals surface area (Å²) in [6.45, 7) is 2.57. The fourth-order valence-electron chi connectivity index (χ4n) is 3.29.